The molecule has 1 unspecified atom stereocenters. The minimum atomic E-state index is -0.548. The molecule has 0 saturated carbocycles. The van der Waals surface area contributed by atoms with Gasteiger partial charge in [0.25, 0.3) is 0 Å². The third kappa shape index (κ3) is 6.36. The molecule has 0 aliphatic rings. The van der Waals surface area contributed by atoms with Crippen LogP contribution in [0.15, 0.2) is 18.2 Å². The molecule has 0 spiro atoms. The number of esters is 2. The summed E-state index contributed by atoms with van der Waals surface area (Å²) in [5, 5.41) is 0.693. The molecule has 0 amide bonds. The summed E-state index contributed by atoms with van der Waals surface area (Å²) in [6.45, 7) is 5.72. The van der Waals surface area contributed by atoms with Gasteiger partial charge in [-0.1, -0.05) is 37.0 Å². The highest BCUT2D eigenvalue weighted by Gasteiger charge is 2.15. The average Bonchev–Trinajstić information content (AvgIpc) is 2.39. The molecule has 0 aliphatic carbocycles. The van der Waals surface area contributed by atoms with Gasteiger partial charge >= 0.3 is 11.9 Å². The fourth-order valence-corrected chi connectivity index (χ4v) is 1.79. The molecule has 0 bridgehead atoms. The summed E-state index contributed by atoms with van der Waals surface area (Å²) in [6, 6.07) is 4.54. The van der Waals surface area contributed by atoms with E-state index in [0.717, 1.165) is 0 Å². The number of rotatable bonds is 6. The van der Waals surface area contributed by atoms with Crippen molar-refractivity contribution < 1.29 is 19.1 Å². The molecule has 1 aromatic rings. The first-order chi connectivity index (χ1) is 9.79. The molecule has 0 aromatic heterocycles. The van der Waals surface area contributed by atoms with Gasteiger partial charge in [0.1, 0.15) is 11.9 Å². The summed E-state index contributed by atoms with van der Waals surface area (Å²) in [6.07, 6.45) is -0.275. The number of hydrogen-bond acceptors (Lipinski definition) is 4. The Morgan fingerprint density at radius 1 is 1.10 bits per heavy atom. The van der Waals surface area contributed by atoms with Gasteiger partial charge in [0.2, 0.25) is 0 Å². The molecule has 0 radical (unpaired) electrons. The zero-order valence-electron chi connectivity index (χ0n) is 12.2. The van der Waals surface area contributed by atoms with Crippen LogP contribution in [-0.4, -0.2) is 18.0 Å². The van der Waals surface area contributed by atoms with E-state index in [0.29, 0.717) is 5.02 Å². The van der Waals surface area contributed by atoms with Crippen LogP contribution >= 0.6 is 23.2 Å². The van der Waals surface area contributed by atoms with Gasteiger partial charge in [-0.2, -0.15) is 0 Å². The van der Waals surface area contributed by atoms with E-state index in [4.69, 9.17) is 32.7 Å². The summed E-state index contributed by atoms with van der Waals surface area (Å²) >= 11 is 11.6. The van der Waals surface area contributed by atoms with E-state index >= 15 is 0 Å². The van der Waals surface area contributed by atoms with E-state index in [2.05, 4.69) is 0 Å². The first-order valence-corrected chi connectivity index (χ1v) is 7.40. The molecule has 21 heavy (non-hydrogen) atoms. The Morgan fingerprint density at radius 2 is 1.71 bits per heavy atom. The van der Waals surface area contributed by atoms with Crippen molar-refractivity contribution in [3.8, 4) is 5.75 Å². The molecular weight excluding hydrogens is 315 g/mol. The fraction of sp³-hybridized carbons (Fsp3) is 0.467. The number of benzene rings is 1. The van der Waals surface area contributed by atoms with E-state index in [1.807, 2.05) is 20.8 Å². The van der Waals surface area contributed by atoms with Crippen molar-refractivity contribution >= 4 is 35.1 Å². The number of hydrogen-bond donors (Lipinski definition) is 0. The van der Waals surface area contributed by atoms with Crippen molar-refractivity contribution in [2.24, 2.45) is 5.92 Å². The Labute approximate surface area is 134 Å². The fourth-order valence-electron chi connectivity index (χ4n) is 1.34. The number of carbonyl (C=O) groups excluding carboxylic acids is 2. The predicted octanol–water partition coefficient (Wildman–Crippen LogP) is 4.27. The molecule has 0 N–H and O–H groups in total. The van der Waals surface area contributed by atoms with E-state index in [-0.39, 0.29) is 35.6 Å². The van der Waals surface area contributed by atoms with Gasteiger partial charge in [-0.15, -0.1) is 0 Å². The monoisotopic (exact) mass is 332 g/mol. The van der Waals surface area contributed by atoms with Gasteiger partial charge in [-0.25, -0.2) is 0 Å². The summed E-state index contributed by atoms with van der Waals surface area (Å²) in [7, 11) is 0. The highest BCUT2D eigenvalue weighted by Crippen LogP contribution is 2.27. The van der Waals surface area contributed by atoms with Crippen LogP contribution in [0.1, 0.15) is 33.6 Å². The topological polar surface area (TPSA) is 52.6 Å². The Morgan fingerprint density at radius 3 is 2.29 bits per heavy atom. The molecule has 0 heterocycles. The maximum atomic E-state index is 11.7. The zero-order valence-corrected chi connectivity index (χ0v) is 13.7. The third-order valence-electron chi connectivity index (χ3n) is 2.91. The van der Waals surface area contributed by atoms with Gasteiger partial charge in [-0.05, 0) is 31.0 Å². The van der Waals surface area contributed by atoms with Crippen molar-refractivity contribution in [2.45, 2.75) is 39.7 Å². The first kappa shape index (κ1) is 17.8. The Balaban J connectivity index is 2.42. The summed E-state index contributed by atoms with van der Waals surface area (Å²) in [4.78, 5) is 23.2. The minimum Gasteiger partial charge on any atom is -0.462 e. The maximum Gasteiger partial charge on any atom is 0.311 e. The second kappa shape index (κ2) is 8.25. The second-order valence-electron chi connectivity index (χ2n) is 4.99. The highest BCUT2D eigenvalue weighted by molar-refractivity contribution is 6.35. The summed E-state index contributed by atoms with van der Waals surface area (Å²) < 4.78 is 10.2. The van der Waals surface area contributed by atoms with Crippen LogP contribution in [0.25, 0.3) is 0 Å². The second-order valence-corrected chi connectivity index (χ2v) is 5.83. The first-order valence-electron chi connectivity index (χ1n) is 6.64. The molecule has 116 valence electrons. The van der Waals surface area contributed by atoms with Gasteiger partial charge in [0, 0.05) is 5.02 Å². The maximum absolute atomic E-state index is 11.7. The summed E-state index contributed by atoms with van der Waals surface area (Å²) in [5.74, 6) is -0.521. The number of halogens is 2. The van der Waals surface area contributed by atoms with Crippen LogP contribution in [0.3, 0.4) is 0 Å². The lowest BCUT2D eigenvalue weighted by atomic mass is 10.1. The van der Waals surface area contributed by atoms with Crippen molar-refractivity contribution in [3.05, 3.63) is 28.2 Å². The van der Waals surface area contributed by atoms with Gasteiger partial charge in [0.15, 0.2) is 0 Å². The Kier molecular flexibility index (Phi) is 6.99. The van der Waals surface area contributed by atoms with Gasteiger partial charge in [-0.3, -0.25) is 9.59 Å². The zero-order chi connectivity index (χ0) is 16.0. The highest BCUT2D eigenvalue weighted by atomic mass is 35.5. The van der Waals surface area contributed by atoms with Crippen molar-refractivity contribution in [2.75, 3.05) is 0 Å². The smallest absolute Gasteiger partial charge is 0.311 e. The van der Waals surface area contributed by atoms with Crippen molar-refractivity contribution in [1.82, 2.24) is 0 Å². The van der Waals surface area contributed by atoms with Crippen LogP contribution in [0, 0.1) is 5.92 Å². The SMILES string of the molecule is CC(C)C(C)OC(=O)CCC(=O)Oc1ccc(Cl)cc1Cl. The Bertz CT molecular complexity index is 514. The van der Waals surface area contributed by atoms with Crippen LogP contribution in [0.4, 0.5) is 0 Å². The minimum absolute atomic E-state index is 0.0267. The molecule has 6 heteroatoms. The van der Waals surface area contributed by atoms with Crippen molar-refractivity contribution in [1.29, 1.82) is 0 Å². The molecular formula is C15H18Cl2O4. The summed E-state index contributed by atoms with van der Waals surface area (Å²) in [5.41, 5.74) is 0. The standard InChI is InChI=1S/C15H18Cl2O4/c1-9(2)10(3)20-14(18)6-7-15(19)21-13-5-4-11(16)8-12(13)17/h4-5,8-10H,6-7H2,1-3H3. The van der Waals surface area contributed by atoms with E-state index in [9.17, 15) is 9.59 Å². The molecule has 0 saturated heterocycles. The number of carbonyl (C=O) groups is 2. The van der Waals surface area contributed by atoms with Gasteiger partial charge < -0.3 is 9.47 Å². The largest absolute Gasteiger partial charge is 0.462 e. The van der Waals surface area contributed by atoms with E-state index in [1.54, 1.807) is 6.07 Å². The molecule has 1 aromatic carbocycles. The quantitative estimate of drug-likeness (QED) is 0.576. The lowest BCUT2D eigenvalue weighted by Crippen LogP contribution is -2.21. The van der Waals surface area contributed by atoms with E-state index < -0.39 is 11.9 Å². The van der Waals surface area contributed by atoms with Crippen LogP contribution in [0.5, 0.6) is 5.75 Å². The van der Waals surface area contributed by atoms with Crippen molar-refractivity contribution in [3.63, 3.8) is 0 Å². The van der Waals surface area contributed by atoms with E-state index in [1.165, 1.54) is 12.1 Å². The molecule has 0 fully saturated rings. The lowest BCUT2D eigenvalue weighted by Gasteiger charge is -2.16. The lowest BCUT2D eigenvalue weighted by molar-refractivity contribution is -0.152. The van der Waals surface area contributed by atoms with Crippen LogP contribution in [0.2, 0.25) is 10.0 Å². The molecule has 4 nitrogen and oxygen atoms in total. The Hall–Kier alpha value is -1.26. The van der Waals surface area contributed by atoms with Crippen LogP contribution in [-0.2, 0) is 14.3 Å². The van der Waals surface area contributed by atoms with Gasteiger partial charge in [0.05, 0.1) is 17.9 Å². The molecule has 1 atom stereocenters. The number of ether oxygens (including phenoxy) is 2. The predicted molar refractivity (Wildman–Crippen MR) is 81.7 cm³/mol. The van der Waals surface area contributed by atoms with Crippen LogP contribution < -0.4 is 4.74 Å². The third-order valence-corrected chi connectivity index (χ3v) is 3.44. The normalized spacial score (nSPS) is 12.1. The molecule has 1 rings (SSSR count). The molecule has 0 aliphatic heterocycles. The average molecular weight is 333 g/mol.